The third-order valence-corrected chi connectivity index (χ3v) is 3.00. The summed E-state index contributed by atoms with van der Waals surface area (Å²) in [6.07, 6.45) is 5.00. The van der Waals surface area contributed by atoms with Gasteiger partial charge in [0, 0.05) is 28.4 Å². The molecule has 27 heavy (non-hydrogen) atoms. The van der Waals surface area contributed by atoms with E-state index in [9.17, 15) is 0 Å². The highest BCUT2D eigenvalue weighted by Crippen LogP contribution is 2.28. The summed E-state index contributed by atoms with van der Waals surface area (Å²) in [6, 6.07) is 17.2. The van der Waals surface area contributed by atoms with Gasteiger partial charge in [-0.2, -0.15) is 0 Å². The van der Waals surface area contributed by atoms with E-state index in [0.29, 0.717) is 0 Å². The Morgan fingerprint density at radius 1 is 0.481 bits per heavy atom. The molecule has 0 N–H and O–H groups in total. The molecular formula is C26H45N. The molecule has 0 saturated carbocycles. The number of hydrogen-bond acceptors (Lipinski definition) is 0. The first-order valence-corrected chi connectivity index (χ1v) is 11.0. The van der Waals surface area contributed by atoms with Crippen molar-refractivity contribution in [1.29, 1.82) is 0 Å². The number of aryl methyl sites for hydroxylation is 1. The van der Waals surface area contributed by atoms with E-state index in [1.807, 2.05) is 0 Å². The molecule has 0 radical (unpaired) electrons. The molecule has 0 spiro atoms. The largest absolute Gasteiger partial charge is 0.341 e. The van der Waals surface area contributed by atoms with Gasteiger partial charge < -0.3 is 4.57 Å². The molecular weight excluding hydrogens is 326 g/mol. The van der Waals surface area contributed by atoms with E-state index >= 15 is 0 Å². The quantitative estimate of drug-likeness (QED) is 0.401. The summed E-state index contributed by atoms with van der Waals surface area (Å²) in [6.45, 7) is 20.2. The second-order valence-electron chi connectivity index (χ2n) is 6.61. The Morgan fingerprint density at radius 3 is 1.00 bits per heavy atom. The van der Waals surface area contributed by atoms with E-state index < -0.39 is 0 Å². The lowest BCUT2D eigenvalue weighted by Gasteiger charge is -2.01. The monoisotopic (exact) mass is 371 g/mol. The maximum Gasteiger partial charge on any atom is 0.0491 e. The van der Waals surface area contributed by atoms with Crippen molar-refractivity contribution in [2.24, 2.45) is 0 Å². The van der Waals surface area contributed by atoms with Crippen molar-refractivity contribution in [1.82, 2.24) is 4.57 Å². The molecule has 0 atom stereocenters. The van der Waals surface area contributed by atoms with Gasteiger partial charge in [-0.25, -0.2) is 0 Å². The van der Waals surface area contributed by atoms with E-state index in [4.69, 9.17) is 0 Å². The predicted octanol–water partition coefficient (Wildman–Crippen LogP) is 9.48. The molecule has 0 saturated heterocycles. The number of rotatable bonds is 1. The van der Waals surface area contributed by atoms with E-state index in [1.165, 1.54) is 47.5 Å². The van der Waals surface area contributed by atoms with Crippen LogP contribution in [0.5, 0.6) is 0 Å². The van der Waals surface area contributed by atoms with Gasteiger partial charge >= 0.3 is 0 Å². The van der Waals surface area contributed by atoms with E-state index in [-0.39, 0.29) is 0 Å². The summed E-state index contributed by atoms with van der Waals surface area (Å²) in [7, 11) is 0. The number of para-hydroxylation sites is 2. The van der Waals surface area contributed by atoms with Crippen LogP contribution in [0.25, 0.3) is 21.8 Å². The molecule has 1 aromatic heterocycles. The molecule has 0 aliphatic carbocycles. The smallest absolute Gasteiger partial charge is 0.0491 e. The third kappa shape index (κ3) is 10.2. The molecule has 154 valence electrons. The molecule has 0 aliphatic rings. The second kappa shape index (κ2) is 19.0. The fraction of sp³-hybridized carbons (Fsp3) is 0.538. The van der Waals surface area contributed by atoms with E-state index in [2.05, 4.69) is 115 Å². The molecule has 0 unspecified atom stereocenters. The Balaban J connectivity index is 0. The number of fused-ring (bicyclic) bond motifs is 3. The molecule has 3 aromatic rings. The van der Waals surface area contributed by atoms with Gasteiger partial charge in [0.25, 0.3) is 0 Å². The van der Waals surface area contributed by atoms with Crippen LogP contribution < -0.4 is 0 Å². The van der Waals surface area contributed by atoms with Crippen LogP contribution in [0.2, 0.25) is 0 Å². The maximum atomic E-state index is 2.37. The highest BCUT2D eigenvalue weighted by atomic mass is 15.0. The Bertz CT molecular complexity index is 618. The average molecular weight is 372 g/mol. The minimum Gasteiger partial charge on any atom is -0.341 e. The SMILES string of the molecule is CCC.CCC.CCC.CCC.CCn1c2ccccc2c2ccccc21. The lowest BCUT2D eigenvalue weighted by molar-refractivity contribution is 0.827. The van der Waals surface area contributed by atoms with Crippen LogP contribution >= 0.6 is 0 Å². The van der Waals surface area contributed by atoms with Crippen LogP contribution in [-0.2, 0) is 6.54 Å². The van der Waals surface area contributed by atoms with Crippen molar-refractivity contribution in [3.63, 3.8) is 0 Å². The summed E-state index contributed by atoms with van der Waals surface area (Å²) >= 11 is 0. The first kappa shape index (κ1) is 27.5. The molecule has 1 nitrogen and oxygen atoms in total. The molecule has 0 bridgehead atoms. The lowest BCUT2D eigenvalue weighted by Crippen LogP contribution is -1.91. The van der Waals surface area contributed by atoms with Crippen LogP contribution in [0.3, 0.4) is 0 Å². The van der Waals surface area contributed by atoms with Gasteiger partial charge in [0.2, 0.25) is 0 Å². The zero-order valence-corrected chi connectivity index (χ0v) is 19.6. The Morgan fingerprint density at radius 2 is 0.741 bits per heavy atom. The molecule has 1 heteroatoms. The predicted molar refractivity (Wildman–Crippen MR) is 129 cm³/mol. The van der Waals surface area contributed by atoms with Gasteiger partial charge in [0.15, 0.2) is 0 Å². The first-order valence-electron chi connectivity index (χ1n) is 11.0. The summed E-state index contributed by atoms with van der Waals surface area (Å²) < 4.78 is 2.37. The second-order valence-corrected chi connectivity index (χ2v) is 6.61. The fourth-order valence-electron chi connectivity index (χ4n) is 2.34. The van der Waals surface area contributed by atoms with Crippen molar-refractivity contribution >= 4 is 21.8 Å². The number of aromatic nitrogens is 1. The lowest BCUT2D eigenvalue weighted by atomic mass is 10.2. The van der Waals surface area contributed by atoms with Gasteiger partial charge in [-0.15, -0.1) is 0 Å². The Labute approximate surface area is 169 Å². The van der Waals surface area contributed by atoms with Gasteiger partial charge in [-0.05, 0) is 19.1 Å². The average Bonchev–Trinajstić information content (AvgIpc) is 2.98. The highest BCUT2D eigenvalue weighted by Gasteiger charge is 2.06. The molecule has 3 rings (SSSR count). The third-order valence-electron chi connectivity index (χ3n) is 3.00. The zero-order chi connectivity index (χ0) is 21.1. The van der Waals surface area contributed by atoms with Crippen LogP contribution in [0.4, 0.5) is 0 Å². The van der Waals surface area contributed by atoms with Gasteiger partial charge in [0.1, 0.15) is 0 Å². The van der Waals surface area contributed by atoms with E-state index in [1.54, 1.807) is 0 Å². The molecule has 0 amide bonds. The Hall–Kier alpha value is -1.76. The summed E-state index contributed by atoms with van der Waals surface area (Å²) in [5.74, 6) is 0. The maximum absolute atomic E-state index is 2.37. The van der Waals surface area contributed by atoms with Crippen LogP contribution in [0.15, 0.2) is 48.5 Å². The van der Waals surface area contributed by atoms with Crippen LogP contribution in [0.1, 0.15) is 88.0 Å². The van der Waals surface area contributed by atoms with Gasteiger partial charge in [-0.3, -0.25) is 0 Å². The number of hydrogen-bond donors (Lipinski definition) is 0. The molecule has 2 aromatic carbocycles. The van der Waals surface area contributed by atoms with Crippen LogP contribution in [0, 0.1) is 0 Å². The standard InChI is InChI=1S/C14H13N.4C3H8/c1-2-15-13-9-5-3-7-11(13)12-8-4-6-10-14(12)15;4*1-3-2/h3-10H,2H2,1H3;4*3H2,1-2H3. The fourth-order valence-corrected chi connectivity index (χ4v) is 2.34. The minimum absolute atomic E-state index is 1.02. The van der Waals surface area contributed by atoms with Crippen molar-refractivity contribution in [3.05, 3.63) is 48.5 Å². The number of nitrogens with zero attached hydrogens (tertiary/aromatic N) is 1. The van der Waals surface area contributed by atoms with Crippen molar-refractivity contribution in [2.75, 3.05) is 0 Å². The summed E-state index contributed by atoms with van der Waals surface area (Å²) in [5.41, 5.74) is 2.67. The molecule has 0 fully saturated rings. The number of benzene rings is 2. The highest BCUT2D eigenvalue weighted by molar-refractivity contribution is 6.07. The van der Waals surface area contributed by atoms with E-state index in [0.717, 1.165) is 6.54 Å². The first-order chi connectivity index (χ1) is 13.1. The topological polar surface area (TPSA) is 4.93 Å². The zero-order valence-electron chi connectivity index (χ0n) is 19.6. The van der Waals surface area contributed by atoms with Gasteiger partial charge in [-0.1, -0.05) is 117 Å². The van der Waals surface area contributed by atoms with Crippen molar-refractivity contribution in [3.8, 4) is 0 Å². The van der Waals surface area contributed by atoms with Gasteiger partial charge in [0.05, 0.1) is 0 Å². The normalized spacial score (nSPS) is 8.93. The Kier molecular flexibility index (Phi) is 19.3. The molecule has 0 aliphatic heterocycles. The summed E-state index contributed by atoms with van der Waals surface area (Å²) in [5, 5.41) is 2.71. The van der Waals surface area contributed by atoms with Crippen LogP contribution in [-0.4, -0.2) is 4.57 Å². The van der Waals surface area contributed by atoms with Crippen molar-refractivity contribution < 1.29 is 0 Å². The molecule has 1 heterocycles. The summed E-state index contributed by atoms with van der Waals surface area (Å²) in [4.78, 5) is 0. The van der Waals surface area contributed by atoms with Crippen molar-refractivity contribution in [2.45, 2.75) is 94.5 Å². The minimum atomic E-state index is 1.02.